The van der Waals surface area contributed by atoms with Crippen molar-refractivity contribution >= 4 is 17.3 Å². The van der Waals surface area contributed by atoms with E-state index in [1.165, 1.54) is 12.1 Å². The number of oxime groups is 1. The van der Waals surface area contributed by atoms with Gasteiger partial charge in [0, 0.05) is 12.0 Å². The molecule has 0 fully saturated rings. The van der Waals surface area contributed by atoms with Gasteiger partial charge in [-0.3, -0.25) is 4.79 Å². The van der Waals surface area contributed by atoms with Crippen LogP contribution in [-0.4, -0.2) is 22.8 Å². The summed E-state index contributed by atoms with van der Waals surface area (Å²) in [6.07, 6.45) is -0.691. The molecule has 0 aliphatic carbocycles. The summed E-state index contributed by atoms with van der Waals surface area (Å²) in [4.78, 5) is 17.3. The van der Waals surface area contributed by atoms with E-state index in [4.69, 9.17) is 4.84 Å². The third-order valence-corrected chi connectivity index (χ3v) is 3.56. The van der Waals surface area contributed by atoms with E-state index in [0.29, 0.717) is 17.0 Å². The second-order valence-electron chi connectivity index (χ2n) is 5.33. The largest absolute Gasteiger partial charge is 0.506 e. The summed E-state index contributed by atoms with van der Waals surface area (Å²) in [5.41, 5.74) is 1.91. The number of hydrogen-bond acceptors (Lipinski definition) is 4. The molecule has 0 unspecified atom stereocenters. The number of nitrogens with one attached hydrogen (secondary N) is 1. The summed E-state index contributed by atoms with van der Waals surface area (Å²) >= 11 is 0. The fourth-order valence-electron chi connectivity index (χ4n) is 2.34. The zero-order valence-electron chi connectivity index (χ0n) is 12.4. The van der Waals surface area contributed by atoms with E-state index in [2.05, 4.69) is 10.5 Å². The monoisotopic (exact) mass is 314 g/mol. The summed E-state index contributed by atoms with van der Waals surface area (Å²) in [7, 11) is 0. The number of carbonyl (C=O) groups excluding carboxylic acids is 1. The third kappa shape index (κ3) is 3.15. The highest BCUT2D eigenvalue weighted by Gasteiger charge is 2.30. The van der Waals surface area contributed by atoms with E-state index >= 15 is 0 Å². The molecule has 0 aromatic heterocycles. The van der Waals surface area contributed by atoms with E-state index in [-0.39, 0.29) is 12.2 Å². The Hall–Kier alpha value is -2.89. The Labute approximate surface area is 132 Å². The van der Waals surface area contributed by atoms with Crippen molar-refractivity contribution in [1.29, 1.82) is 0 Å². The summed E-state index contributed by atoms with van der Waals surface area (Å²) in [5, 5.41) is 16.2. The number of hydrogen-bond donors (Lipinski definition) is 2. The van der Waals surface area contributed by atoms with Crippen LogP contribution in [0, 0.1) is 12.7 Å². The van der Waals surface area contributed by atoms with Crippen LogP contribution in [0.4, 0.5) is 10.1 Å². The van der Waals surface area contributed by atoms with Gasteiger partial charge in [0.1, 0.15) is 11.6 Å². The predicted molar refractivity (Wildman–Crippen MR) is 83.9 cm³/mol. The zero-order chi connectivity index (χ0) is 16.4. The maximum absolute atomic E-state index is 13.7. The molecule has 1 aliphatic heterocycles. The van der Waals surface area contributed by atoms with Gasteiger partial charge in [-0.1, -0.05) is 29.4 Å². The smallest absolute Gasteiger partial charge is 0.268 e. The Kier molecular flexibility index (Phi) is 3.97. The lowest BCUT2D eigenvalue weighted by atomic mass is 10.0. The second-order valence-corrected chi connectivity index (χ2v) is 5.33. The molecule has 1 heterocycles. The van der Waals surface area contributed by atoms with Crippen molar-refractivity contribution in [2.24, 2.45) is 5.16 Å². The molecule has 2 aromatic rings. The van der Waals surface area contributed by atoms with Gasteiger partial charge in [0.05, 0.1) is 11.4 Å². The van der Waals surface area contributed by atoms with Crippen LogP contribution in [0.15, 0.2) is 47.6 Å². The molecule has 0 saturated heterocycles. The Balaban J connectivity index is 1.69. The number of aryl methyl sites for hydroxylation is 1. The molecule has 1 aliphatic rings. The molecule has 1 atom stereocenters. The first-order valence-electron chi connectivity index (χ1n) is 7.12. The first kappa shape index (κ1) is 15.0. The fourth-order valence-corrected chi connectivity index (χ4v) is 2.34. The lowest BCUT2D eigenvalue weighted by Gasteiger charge is -2.11. The highest BCUT2D eigenvalue weighted by Crippen LogP contribution is 2.25. The number of carbonyl (C=O) groups is 1. The van der Waals surface area contributed by atoms with E-state index in [9.17, 15) is 14.3 Å². The lowest BCUT2D eigenvalue weighted by molar-refractivity contribution is -0.125. The number of phenols is 1. The molecule has 2 N–H and O–H groups in total. The lowest BCUT2D eigenvalue weighted by Crippen LogP contribution is -2.28. The number of aromatic hydroxyl groups is 1. The van der Waals surface area contributed by atoms with Crippen LogP contribution in [0.3, 0.4) is 0 Å². The molecule has 0 bridgehead atoms. The van der Waals surface area contributed by atoms with Crippen molar-refractivity contribution in [3.63, 3.8) is 0 Å². The van der Waals surface area contributed by atoms with E-state index in [1.54, 1.807) is 30.3 Å². The highest BCUT2D eigenvalue weighted by atomic mass is 19.1. The SMILES string of the molecule is Cc1ccc(O)c(NC(=O)[C@H]2CC(c3ccccc3F)=NO2)c1. The number of nitrogens with zero attached hydrogens (tertiary/aromatic N) is 1. The van der Waals surface area contributed by atoms with Crippen LogP contribution >= 0.6 is 0 Å². The minimum atomic E-state index is -0.857. The normalized spacial score (nSPS) is 16.6. The van der Waals surface area contributed by atoms with Gasteiger partial charge in [-0.25, -0.2) is 4.39 Å². The van der Waals surface area contributed by atoms with Gasteiger partial charge in [-0.05, 0) is 30.7 Å². The first-order chi connectivity index (χ1) is 11.0. The molecule has 2 aromatic carbocycles. The summed E-state index contributed by atoms with van der Waals surface area (Å²) < 4.78 is 13.7. The minimum Gasteiger partial charge on any atom is -0.506 e. The van der Waals surface area contributed by atoms with Gasteiger partial charge in [0.15, 0.2) is 0 Å². The van der Waals surface area contributed by atoms with Crippen LogP contribution in [0.2, 0.25) is 0 Å². The molecule has 0 radical (unpaired) electrons. The molecule has 3 rings (SSSR count). The quantitative estimate of drug-likeness (QED) is 0.856. The average Bonchev–Trinajstić information content (AvgIpc) is 3.01. The van der Waals surface area contributed by atoms with Crippen LogP contribution in [0.5, 0.6) is 5.75 Å². The Morgan fingerprint density at radius 2 is 2.13 bits per heavy atom. The van der Waals surface area contributed by atoms with Gasteiger partial charge in [0.2, 0.25) is 6.10 Å². The van der Waals surface area contributed by atoms with Gasteiger partial charge < -0.3 is 15.3 Å². The van der Waals surface area contributed by atoms with Crippen molar-refractivity contribution in [2.75, 3.05) is 5.32 Å². The van der Waals surface area contributed by atoms with Crippen molar-refractivity contribution in [3.05, 3.63) is 59.4 Å². The Morgan fingerprint density at radius 1 is 1.35 bits per heavy atom. The number of rotatable bonds is 3. The molecule has 5 nitrogen and oxygen atoms in total. The first-order valence-corrected chi connectivity index (χ1v) is 7.12. The Bertz CT molecular complexity index is 789. The van der Waals surface area contributed by atoms with Crippen molar-refractivity contribution in [2.45, 2.75) is 19.4 Å². The average molecular weight is 314 g/mol. The number of halogens is 1. The molecule has 118 valence electrons. The van der Waals surface area contributed by atoms with E-state index in [1.807, 2.05) is 6.92 Å². The van der Waals surface area contributed by atoms with Gasteiger partial charge in [0.25, 0.3) is 5.91 Å². The maximum atomic E-state index is 13.7. The molecule has 23 heavy (non-hydrogen) atoms. The second kappa shape index (κ2) is 6.08. The number of benzene rings is 2. The van der Waals surface area contributed by atoms with Crippen LogP contribution in [-0.2, 0) is 9.63 Å². The van der Waals surface area contributed by atoms with Crippen molar-refractivity contribution < 1.29 is 19.1 Å². The third-order valence-electron chi connectivity index (χ3n) is 3.56. The van der Waals surface area contributed by atoms with E-state index < -0.39 is 17.8 Å². The van der Waals surface area contributed by atoms with Crippen LogP contribution in [0.25, 0.3) is 0 Å². The molecular weight excluding hydrogens is 299 g/mol. The highest BCUT2D eigenvalue weighted by molar-refractivity contribution is 6.06. The van der Waals surface area contributed by atoms with Gasteiger partial charge in [-0.15, -0.1) is 0 Å². The van der Waals surface area contributed by atoms with Crippen LogP contribution < -0.4 is 5.32 Å². The summed E-state index contributed by atoms with van der Waals surface area (Å²) in [5.74, 6) is -0.884. The molecule has 0 saturated carbocycles. The molecule has 0 spiro atoms. The summed E-state index contributed by atoms with van der Waals surface area (Å²) in [6.45, 7) is 1.85. The number of anilines is 1. The standard InChI is InChI=1S/C17H15FN2O3/c1-10-6-7-15(21)14(8-10)19-17(22)16-9-13(20-23-16)11-4-2-3-5-12(11)18/h2-8,16,21H,9H2,1H3,(H,19,22)/t16-/m1/s1. The molecule has 1 amide bonds. The number of amides is 1. The van der Waals surface area contributed by atoms with Gasteiger partial charge >= 0.3 is 0 Å². The number of phenolic OH excluding ortho intramolecular Hbond substituents is 1. The van der Waals surface area contributed by atoms with Crippen LogP contribution in [0.1, 0.15) is 17.5 Å². The van der Waals surface area contributed by atoms with Crippen molar-refractivity contribution in [1.82, 2.24) is 0 Å². The van der Waals surface area contributed by atoms with Gasteiger partial charge in [-0.2, -0.15) is 0 Å². The predicted octanol–water partition coefficient (Wildman–Crippen LogP) is 2.97. The zero-order valence-corrected chi connectivity index (χ0v) is 12.4. The minimum absolute atomic E-state index is 0.0304. The summed E-state index contributed by atoms with van der Waals surface area (Å²) in [6, 6.07) is 11.1. The topological polar surface area (TPSA) is 70.9 Å². The van der Waals surface area contributed by atoms with E-state index in [0.717, 1.165) is 5.56 Å². The maximum Gasteiger partial charge on any atom is 0.268 e. The molecular formula is C17H15FN2O3. The fraction of sp³-hybridized carbons (Fsp3) is 0.176. The molecule has 6 heteroatoms. The Morgan fingerprint density at radius 3 is 2.91 bits per heavy atom. The van der Waals surface area contributed by atoms with Crippen molar-refractivity contribution in [3.8, 4) is 5.75 Å².